The van der Waals surface area contributed by atoms with Crippen LogP contribution in [-0.2, 0) is 32.0 Å². The largest absolute Gasteiger partial charge is 0.342 e. The van der Waals surface area contributed by atoms with Crippen molar-refractivity contribution in [2.24, 2.45) is 10.8 Å². The van der Waals surface area contributed by atoms with E-state index in [9.17, 15) is 28.8 Å². The zero-order chi connectivity index (χ0) is 49.8. The van der Waals surface area contributed by atoms with Gasteiger partial charge in [-0.3, -0.25) is 28.8 Å². The van der Waals surface area contributed by atoms with Crippen LogP contribution in [0.5, 0.6) is 0 Å². The molecule has 2 heterocycles. The molecule has 6 atom stereocenters. The number of nitrogens with one attached hydrogen (secondary N) is 4. The lowest BCUT2D eigenvalue weighted by Crippen LogP contribution is -2.59. The quantitative estimate of drug-likeness (QED) is 0.119. The number of nitrogens with zero attached hydrogens (tertiary/aromatic N) is 4. The summed E-state index contributed by atoms with van der Waals surface area (Å²) in [5.41, 5.74) is 1.91. The summed E-state index contributed by atoms with van der Waals surface area (Å²) in [5.74, 6) is -1.21. The van der Waals surface area contributed by atoms with Gasteiger partial charge in [0.15, 0.2) is 0 Å². The Morgan fingerprint density at radius 2 is 0.897 bits per heavy atom. The predicted octanol–water partition coefficient (Wildman–Crippen LogP) is 5.32. The van der Waals surface area contributed by atoms with Gasteiger partial charge in [0.25, 0.3) is 11.8 Å². The van der Waals surface area contributed by atoms with Crippen LogP contribution in [0.1, 0.15) is 113 Å². The van der Waals surface area contributed by atoms with E-state index in [0.29, 0.717) is 63.2 Å². The lowest BCUT2D eigenvalue weighted by atomic mass is 9.85. The maximum absolute atomic E-state index is 14.6. The number of amides is 6. The van der Waals surface area contributed by atoms with E-state index in [0.717, 1.165) is 36.8 Å². The van der Waals surface area contributed by atoms with Crippen LogP contribution in [0, 0.1) is 10.8 Å². The number of rotatable bonds is 20. The fourth-order valence-electron chi connectivity index (χ4n) is 9.06. The molecule has 0 bridgehead atoms. The first-order chi connectivity index (χ1) is 32.2. The van der Waals surface area contributed by atoms with Crippen molar-refractivity contribution < 1.29 is 28.8 Å². The first-order valence-electron chi connectivity index (χ1n) is 24.6. The molecule has 0 aromatic heterocycles. The standard InChI is InChI=1S/C54H78N8O6/c1-37(55-9)47(63)57-45(53(3,4)5)51(67)61-31-17-23-43(61)35-59(33-29-39-19-13-11-14-20-39)49(65)41-25-27-42(28-26-41)50(66)60(34-30-40-21-15-12-16-22-40)36-44-24-18-32-62(44)52(68)46(54(6,7)8)58-48(64)38(2)56-10/h11-16,19-22,25-28,37-38,43-46,55-56H,17-18,23-24,29-36H2,1-10H3,(H,57,63)(H,58,64)/t37-,38-,43-,44-,45+,46+/m0/s1. The maximum Gasteiger partial charge on any atom is 0.253 e. The van der Waals surface area contributed by atoms with Gasteiger partial charge in [0.05, 0.1) is 12.1 Å². The second-order valence-corrected chi connectivity index (χ2v) is 20.8. The molecule has 6 amide bonds. The Morgan fingerprint density at radius 3 is 1.21 bits per heavy atom. The number of carbonyl (C=O) groups excluding carboxylic acids is 6. The Hall–Kier alpha value is -5.60. The van der Waals surface area contributed by atoms with Crippen molar-refractivity contribution in [2.45, 2.75) is 130 Å². The van der Waals surface area contributed by atoms with E-state index in [1.54, 1.807) is 52.2 Å². The molecular formula is C54H78N8O6. The first-order valence-corrected chi connectivity index (χ1v) is 24.6. The van der Waals surface area contributed by atoms with Gasteiger partial charge in [-0.2, -0.15) is 0 Å². The van der Waals surface area contributed by atoms with E-state index in [2.05, 4.69) is 21.3 Å². The van der Waals surface area contributed by atoms with Gasteiger partial charge in [-0.1, -0.05) is 102 Å². The molecule has 2 aliphatic rings. The molecule has 2 saturated heterocycles. The van der Waals surface area contributed by atoms with Crippen LogP contribution < -0.4 is 21.3 Å². The van der Waals surface area contributed by atoms with Crippen LogP contribution in [0.4, 0.5) is 0 Å². The molecule has 68 heavy (non-hydrogen) atoms. The van der Waals surface area contributed by atoms with Crippen molar-refractivity contribution in [3.05, 3.63) is 107 Å². The molecule has 14 nitrogen and oxygen atoms in total. The summed E-state index contributed by atoms with van der Waals surface area (Å²) in [6.07, 6.45) is 4.22. The SMILES string of the molecule is CN[C@@H](C)C(=O)N[C@H](C(=O)N1CCC[C@H]1CN(CCc1ccccc1)C(=O)c1ccc(C(=O)N(CCc2ccccc2)C[C@@H]2CCCN2C(=O)[C@@H](NC(=O)[C@H](C)NC)C(C)(C)C)cc1)C(C)(C)C. The second-order valence-electron chi connectivity index (χ2n) is 20.8. The highest BCUT2D eigenvalue weighted by atomic mass is 16.2. The minimum atomic E-state index is -0.755. The van der Waals surface area contributed by atoms with E-state index in [1.807, 2.05) is 122 Å². The third-order valence-corrected chi connectivity index (χ3v) is 13.6. The summed E-state index contributed by atoms with van der Waals surface area (Å²) in [6.45, 7) is 17.7. The van der Waals surface area contributed by atoms with Crippen molar-refractivity contribution in [1.82, 2.24) is 40.9 Å². The van der Waals surface area contributed by atoms with Crippen molar-refractivity contribution in [3.8, 4) is 0 Å². The van der Waals surface area contributed by atoms with Crippen LogP contribution in [-0.4, -0.2) is 145 Å². The van der Waals surface area contributed by atoms with Gasteiger partial charge in [-0.15, -0.1) is 0 Å². The van der Waals surface area contributed by atoms with Gasteiger partial charge in [0.2, 0.25) is 23.6 Å². The van der Waals surface area contributed by atoms with E-state index in [-0.39, 0.29) is 47.5 Å². The van der Waals surface area contributed by atoms with Gasteiger partial charge in [0, 0.05) is 62.5 Å². The van der Waals surface area contributed by atoms with Gasteiger partial charge in [-0.05, 0) is 113 Å². The Kier molecular flexibility index (Phi) is 18.9. The van der Waals surface area contributed by atoms with Crippen LogP contribution >= 0.6 is 0 Å². The fourth-order valence-corrected chi connectivity index (χ4v) is 9.06. The smallest absolute Gasteiger partial charge is 0.253 e. The van der Waals surface area contributed by atoms with E-state index >= 15 is 0 Å². The molecule has 0 unspecified atom stereocenters. The van der Waals surface area contributed by atoms with Crippen LogP contribution in [0.3, 0.4) is 0 Å². The Labute approximate surface area is 405 Å². The highest BCUT2D eigenvalue weighted by Crippen LogP contribution is 2.29. The summed E-state index contributed by atoms with van der Waals surface area (Å²) < 4.78 is 0. The maximum atomic E-state index is 14.6. The van der Waals surface area contributed by atoms with Gasteiger partial charge in [-0.25, -0.2) is 0 Å². The molecule has 2 fully saturated rings. The summed E-state index contributed by atoms with van der Waals surface area (Å²) in [7, 11) is 3.42. The number of hydrogen-bond donors (Lipinski definition) is 4. The number of hydrogen-bond acceptors (Lipinski definition) is 8. The first kappa shape index (κ1) is 53.4. The number of likely N-dealkylation sites (N-methyl/N-ethyl adjacent to an activating group) is 2. The molecule has 0 aliphatic carbocycles. The minimum absolute atomic E-state index is 0.156. The third kappa shape index (κ3) is 14.2. The van der Waals surface area contributed by atoms with E-state index in [1.165, 1.54) is 0 Å². The van der Waals surface area contributed by atoms with Crippen LogP contribution in [0.25, 0.3) is 0 Å². The zero-order valence-electron chi connectivity index (χ0n) is 42.3. The number of likely N-dealkylation sites (tertiary alicyclic amines) is 2. The van der Waals surface area contributed by atoms with Crippen molar-refractivity contribution in [2.75, 3.05) is 53.4 Å². The van der Waals surface area contributed by atoms with Gasteiger partial charge >= 0.3 is 0 Å². The average molecular weight is 935 g/mol. The molecule has 3 aromatic rings. The molecule has 3 aromatic carbocycles. The lowest BCUT2D eigenvalue weighted by Gasteiger charge is -2.37. The normalized spacial score (nSPS) is 18.0. The van der Waals surface area contributed by atoms with Crippen molar-refractivity contribution >= 4 is 35.4 Å². The molecule has 0 radical (unpaired) electrons. The molecule has 0 saturated carbocycles. The highest BCUT2D eigenvalue weighted by molar-refractivity contribution is 5.98. The summed E-state index contributed by atoms with van der Waals surface area (Å²) in [6, 6.07) is 23.9. The van der Waals surface area contributed by atoms with E-state index in [4.69, 9.17) is 0 Å². The van der Waals surface area contributed by atoms with Crippen molar-refractivity contribution in [3.63, 3.8) is 0 Å². The Morgan fingerprint density at radius 1 is 0.559 bits per heavy atom. The molecular weight excluding hydrogens is 857 g/mol. The summed E-state index contributed by atoms with van der Waals surface area (Å²) >= 11 is 0. The Balaban J connectivity index is 1.38. The van der Waals surface area contributed by atoms with Gasteiger partial charge in [0.1, 0.15) is 12.1 Å². The molecule has 2 aliphatic heterocycles. The van der Waals surface area contributed by atoms with E-state index < -0.39 is 35.0 Å². The fraction of sp³-hybridized carbons (Fsp3) is 0.556. The highest BCUT2D eigenvalue weighted by Gasteiger charge is 2.42. The topological polar surface area (TPSA) is 163 Å². The molecule has 14 heteroatoms. The summed E-state index contributed by atoms with van der Waals surface area (Å²) in [5, 5.41) is 11.9. The number of carbonyl (C=O) groups is 6. The average Bonchev–Trinajstić information content (AvgIpc) is 4.00. The predicted molar refractivity (Wildman–Crippen MR) is 268 cm³/mol. The molecule has 0 spiro atoms. The molecule has 4 N–H and O–H groups in total. The van der Waals surface area contributed by atoms with Gasteiger partial charge < -0.3 is 40.9 Å². The van der Waals surface area contributed by atoms with Crippen LogP contribution in [0.15, 0.2) is 84.9 Å². The second kappa shape index (κ2) is 24.1. The molecule has 370 valence electrons. The van der Waals surface area contributed by atoms with Crippen LogP contribution in [0.2, 0.25) is 0 Å². The third-order valence-electron chi connectivity index (χ3n) is 13.6. The molecule has 5 rings (SSSR count). The monoisotopic (exact) mass is 935 g/mol. The van der Waals surface area contributed by atoms with Crippen molar-refractivity contribution in [1.29, 1.82) is 0 Å². The minimum Gasteiger partial charge on any atom is -0.342 e. The number of benzene rings is 3. The lowest BCUT2D eigenvalue weighted by molar-refractivity contribution is -0.141. The Bertz CT molecular complexity index is 2000. The zero-order valence-corrected chi connectivity index (χ0v) is 42.3. The summed E-state index contributed by atoms with van der Waals surface area (Å²) in [4.78, 5) is 91.4.